The molecule has 15 heteroatoms. The lowest BCUT2D eigenvalue weighted by Crippen LogP contribution is -2.60. The van der Waals surface area contributed by atoms with E-state index in [-0.39, 0.29) is 44.1 Å². The van der Waals surface area contributed by atoms with Crippen molar-refractivity contribution in [1.29, 1.82) is 0 Å². The van der Waals surface area contributed by atoms with Crippen molar-refractivity contribution >= 4 is 53.1 Å². The number of carbonyl (C=O) groups is 7. The van der Waals surface area contributed by atoms with Crippen LogP contribution in [0.25, 0.3) is 0 Å². The van der Waals surface area contributed by atoms with Gasteiger partial charge in [0.2, 0.25) is 41.4 Å². The molecule has 6 atom stereocenters. The van der Waals surface area contributed by atoms with Crippen LogP contribution >= 0.6 is 11.8 Å². The van der Waals surface area contributed by atoms with Gasteiger partial charge in [0.25, 0.3) is 0 Å². The first-order valence-electron chi connectivity index (χ1n) is 18.5. The molecule has 0 aliphatic carbocycles. The molecule has 0 aromatic heterocycles. The highest BCUT2D eigenvalue weighted by molar-refractivity contribution is 7.98. The smallest absolute Gasteiger partial charge is 0.246 e. The Morgan fingerprint density at radius 1 is 0.796 bits per heavy atom. The van der Waals surface area contributed by atoms with Crippen LogP contribution in [-0.2, 0) is 46.4 Å². The van der Waals surface area contributed by atoms with Gasteiger partial charge in [0.15, 0.2) is 0 Å². The van der Waals surface area contributed by atoms with Crippen molar-refractivity contribution in [2.75, 3.05) is 18.6 Å². The van der Waals surface area contributed by atoms with Crippen molar-refractivity contribution < 1.29 is 33.6 Å². The van der Waals surface area contributed by atoms with E-state index in [0.29, 0.717) is 31.4 Å². The molecule has 2 heterocycles. The van der Waals surface area contributed by atoms with Gasteiger partial charge in [0, 0.05) is 25.8 Å². The number of nitrogens with zero attached hydrogens (tertiary/aromatic N) is 1. The van der Waals surface area contributed by atoms with E-state index >= 15 is 0 Å². The first kappa shape index (κ1) is 41.8. The lowest BCUT2D eigenvalue weighted by atomic mass is 10.0. The van der Waals surface area contributed by atoms with E-state index < -0.39 is 71.7 Å². The summed E-state index contributed by atoms with van der Waals surface area (Å²) in [6.07, 6.45) is 4.15. The van der Waals surface area contributed by atoms with Gasteiger partial charge in [-0.05, 0) is 61.2 Å². The average molecular weight is 764 g/mol. The number of likely N-dealkylation sites (tertiary alicyclic amines) is 1. The minimum absolute atomic E-state index is 0.0142. The topological polar surface area (TPSA) is 209 Å². The Kier molecular flexibility index (Phi) is 15.9. The fraction of sp³-hybridized carbons (Fsp3) is 0.513. The molecule has 0 unspecified atom stereocenters. The van der Waals surface area contributed by atoms with Gasteiger partial charge in [-0.2, -0.15) is 11.8 Å². The summed E-state index contributed by atoms with van der Waals surface area (Å²) in [5.74, 6) is -2.90. The second kappa shape index (κ2) is 20.5. The van der Waals surface area contributed by atoms with Crippen LogP contribution in [-0.4, -0.2) is 101 Å². The van der Waals surface area contributed by atoms with Crippen LogP contribution in [0.3, 0.4) is 0 Å². The third kappa shape index (κ3) is 12.3. The lowest BCUT2D eigenvalue weighted by molar-refractivity contribution is -0.142. The van der Waals surface area contributed by atoms with E-state index in [2.05, 4.69) is 26.6 Å². The molecule has 2 aliphatic heterocycles. The summed E-state index contributed by atoms with van der Waals surface area (Å²) in [6, 6.07) is 12.6. The van der Waals surface area contributed by atoms with Crippen LogP contribution in [0.15, 0.2) is 60.7 Å². The Labute approximate surface area is 320 Å². The van der Waals surface area contributed by atoms with Crippen LogP contribution in [0, 0.1) is 5.92 Å². The number of nitrogens with one attached hydrogen (secondary N) is 5. The SMILES string of the molecule is CSCC[C@H](NC(=O)[C@H](CC(C)C)NC(=O)[C@@H]1CCCN1C(=O)[C@H](Cc1ccccc1)NC(=O)[C@H](Cc1ccccc1)NC(=O)[C@@H]1CCC(=O)N1)C(N)=O. The highest BCUT2D eigenvalue weighted by atomic mass is 32.2. The van der Waals surface area contributed by atoms with Gasteiger partial charge < -0.3 is 37.2 Å². The van der Waals surface area contributed by atoms with E-state index in [1.165, 1.54) is 16.7 Å². The summed E-state index contributed by atoms with van der Waals surface area (Å²) in [4.78, 5) is 94.3. The Hall–Kier alpha value is -4.92. The molecule has 2 aliphatic rings. The van der Waals surface area contributed by atoms with Gasteiger partial charge in [-0.15, -0.1) is 0 Å². The molecule has 0 radical (unpaired) electrons. The molecule has 54 heavy (non-hydrogen) atoms. The van der Waals surface area contributed by atoms with Gasteiger partial charge in [0.05, 0.1) is 0 Å². The molecular formula is C39H53N7O7S. The van der Waals surface area contributed by atoms with Crippen molar-refractivity contribution in [2.24, 2.45) is 11.7 Å². The second-order valence-corrected chi connectivity index (χ2v) is 15.3. The molecule has 14 nitrogen and oxygen atoms in total. The number of rotatable bonds is 19. The Bertz CT molecular complexity index is 1630. The third-order valence-electron chi connectivity index (χ3n) is 9.57. The summed E-state index contributed by atoms with van der Waals surface area (Å²) >= 11 is 1.51. The van der Waals surface area contributed by atoms with Crippen molar-refractivity contribution in [3.63, 3.8) is 0 Å². The second-order valence-electron chi connectivity index (χ2n) is 14.3. The zero-order valence-corrected chi connectivity index (χ0v) is 32.0. The standard InChI is InChI=1S/C39H53N7O7S/c1-24(2)21-29(36(50)42-27(34(40)48)18-20-54-3)44-38(52)32-15-10-19-46(32)39(53)31(23-26-13-8-5-9-14-26)45-37(51)30(22-25-11-6-4-7-12-25)43-35(49)28-16-17-33(47)41-28/h4-9,11-14,24,27-32H,10,15-23H2,1-3H3,(H2,40,48)(H,41,47)(H,42,50)(H,43,49)(H,44,52)(H,45,51)/t27-,28-,29-,30-,31-,32-/m0/s1. The molecule has 2 aromatic rings. The summed E-state index contributed by atoms with van der Waals surface area (Å²) in [5, 5.41) is 13.8. The van der Waals surface area contributed by atoms with E-state index in [1.807, 2.05) is 80.8 Å². The Balaban J connectivity index is 1.54. The molecular weight excluding hydrogens is 711 g/mol. The van der Waals surface area contributed by atoms with Crippen LogP contribution in [0.2, 0.25) is 0 Å². The zero-order chi connectivity index (χ0) is 39.2. The van der Waals surface area contributed by atoms with Crippen LogP contribution < -0.4 is 32.3 Å². The number of thioether (sulfide) groups is 1. The summed E-state index contributed by atoms with van der Waals surface area (Å²) in [5.41, 5.74) is 7.10. The molecule has 2 fully saturated rings. The van der Waals surface area contributed by atoms with Crippen molar-refractivity contribution in [3.05, 3.63) is 71.8 Å². The molecule has 0 saturated carbocycles. The first-order chi connectivity index (χ1) is 25.9. The minimum Gasteiger partial charge on any atom is -0.368 e. The lowest BCUT2D eigenvalue weighted by Gasteiger charge is -2.31. The summed E-state index contributed by atoms with van der Waals surface area (Å²) in [6.45, 7) is 4.07. The van der Waals surface area contributed by atoms with E-state index in [4.69, 9.17) is 5.73 Å². The highest BCUT2D eigenvalue weighted by Crippen LogP contribution is 2.21. The highest BCUT2D eigenvalue weighted by Gasteiger charge is 2.40. The fourth-order valence-corrected chi connectivity index (χ4v) is 7.20. The number of nitrogens with two attached hydrogens (primary N) is 1. The van der Waals surface area contributed by atoms with Crippen LogP contribution in [0.5, 0.6) is 0 Å². The van der Waals surface area contributed by atoms with Gasteiger partial charge in [-0.3, -0.25) is 33.6 Å². The van der Waals surface area contributed by atoms with Crippen molar-refractivity contribution in [1.82, 2.24) is 31.5 Å². The molecule has 2 aromatic carbocycles. The number of amides is 7. The normalized spacial score (nSPS) is 18.9. The Morgan fingerprint density at radius 2 is 1.37 bits per heavy atom. The number of hydrogen-bond acceptors (Lipinski definition) is 8. The number of benzene rings is 2. The first-order valence-corrected chi connectivity index (χ1v) is 19.9. The molecule has 7 N–H and O–H groups in total. The van der Waals surface area contributed by atoms with E-state index in [0.717, 1.165) is 11.1 Å². The van der Waals surface area contributed by atoms with Gasteiger partial charge in [-0.1, -0.05) is 74.5 Å². The molecule has 4 rings (SSSR count). The molecule has 0 spiro atoms. The van der Waals surface area contributed by atoms with Crippen molar-refractivity contribution in [3.8, 4) is 0 Å². The quantitative estimate of drug-likeness (QED) is 0.121. The Morgan fingerprint density at radius 3 is 1.93 bits per heavy atom. The van der Waals surface area contributed by atoms with Crippen LogP contribution in [0.1, 0.15) is 63.5 Å². The molecule has 0 bridgehead atoms. The molecule has 2 saturated heterocycles. The zero-order valence-electron chi connectivity index (χ0n) is 31.2. The number of carbonyl (C=O) groups excluding carboxylic acids is 7. The molecule has 7 amide bonds. The fourth-order valence-electron chi connectivity index (χ4n) is 6.73. The maximum absolute atomic E-state index is 14.4. The summed E-state index contributed by atoms with van der Waals surface area (Å²) < 4.78 is 0. The van der Waals surface area contributed by atoms with Gasteiger partial charge in [-0.25, -0.2) is 0 Å². The average Bonchev–Trinajstić information content (AvgIpc) is 3.82. The molecule has 292 valence electrons. The third-order valence-corrected chi connectivity index (χ3v) is 10.2. The predicted octanol–water partition coefficient (Wildman–Crippen LogP) is 0.965. The van der Waals surface area contributed by atoms with E-state index in [9.17, 15) is 33.6 Å². The largest absolute Gasteiger partial charge is 0.368 e. The van der Waals surface area contributed by atoms with Gasteiger partial charge >= 0.3 is 0 Å². The monoisotopic (exact) mass is 763 g/mol. The minimum atomic E-state index is -1.10. The maximum atomic E-state index is 14.4. The summed E-state index contributed by atoms with van der Waals surface area (Å²) in [7, 11) is 0. The van der Waals surface area contributed by atoms with Crippen LogP contribution in [0.4, 0.5) is 0 Å². The van der Waals surface area contributed by atoms with Gasteiger partial charge in [0.1, 0.15) is 36.3 Å². The maximum Gasteiger partial charge on any atom is 0.246 e. The predicted molar refractivity (Wildman–Crippen MR) is 206 cm³/mol. The van der Waals surface area contributed by atoms with E-state index in [1.54, 1.807) is 0 Å². The number of hydrogen-bond donors (Lipinski definition) is 6. The number of primary amides is 1. The van der Waals surface area contributed by atoms with Crippen molar-refractivity contribution in [2.45, 2.75) is 101 Å².